The van der Waals surface area contributed by atoms with E-state index in [1.807, 2.05) is 18.2 Å². The Labute approximate surface area is 174 Å². The van der Waals surface area contributed by atoms with Crippen molar-refractivity contribution in [3.8, 4) is 11.5 Å². The molecule has 0 spiro atoms. The first-order valence-corrected chi connectivity index (χ1v) is 10.7. The minimum Gasteiger partial charge on any atom is -0.490 e. The maximum absolute atomic E-state index is 12.8. The number of anilines is 1. The highest BCUT2D eigenvalue weighted by Gasteiger charge is 2.22. The van der Waals surface area contributed by atoms with Crippen molar-refractivity contribution >= 4 is 11.6 Å². The fourth-order valence-electron chi connectivity index (χ4n) is 3.49. The third-order valence-corrected chi connectivity index (χ3v) is 5.08. The number of piperidine rings is 1. The molecule has 1 aliphatic heterocycles. The number of benzene rings is 2. The van der Waals surface area contributed by atoms with Crippen LogP contribution >= 0.6 is 0 Å². The van der Waals surface area contributed by atoms with Crippen molar-refractivity contribution < 1.29 is 14.3 Å². The van der Waals surface area contributed by atoms with Gasteiger partial charge in [0.1, 0.15) is 0 Å². The van der Waals surface area contributed by atoms with Gasteiger partial charge in [0.2, 0.25) is 0 Å². The zero-order valence-electron chi connectivity index (χ0n) is 17.5. The first kappa shape index (κ1) is 21.0. The van der Waals surface area contributed by atoms with Crippen LogP contribution in [-0.2, 0) is 0 Å². The monoisotopic (exact) mass is 396 g/mol. The molecule has 1 saturated heterocycles. The van der Waals surface area contributed by atoms with E-state index in [0.29, 0.717) is 30.3 Å². The lowest BCUT2D eigenvalue weighted by molar-refractivity contribution is 0.0930. The van der Waals surface area contributed by atoms with Crippen LogP contribution < -0.4 is 19.7 Å². The van der Waals surface area contributed by atoms with E-state index >= 15 is 0 Å². The number of hydrogen-bond donors (Lipinski definition) is 1. The second kappa shape index (κ2) is 10.7. The van der Waals surface area contributed by atoms with Gasteiger partial charge in [0.15, 0.2) is 11.5 Å². The summed E-state index contributed by atoms with van der Waals surface area (Å²) in [6.45, 7) is 7.26. The van der Waals surface area contributed by atoms with Crippen LogP contribution in [0.25, 0.3) is 0 Å². The summed E-state index contributed by atoms with van der Waals surface area (Å²) in [5, 5.41) is 3.19. The number of para-hydroxylation sites is 1. The van der Waals surface area contributed by atoms with Crippen LogP contribution in [0.2, 0.25) is 0 Å². The van der Waals surface area contributed by atoms with E-state index in [0.717, 1.165) is 38.8 Å². The van der Waals surface area contributed by atoms with E-state index in [9.17, 15) is 4.79 Å². The van der Waals surface area contributed by atoms with Crippen LogP contribution in [0.3, 0.4) is 0 Å². The number of carbonyl (C=O) groups excluding carboxylic acids is 1. The molecule has 2 aromatic rings. The molecule has 3 rings (SSSR count). The standard InChI is InChI=1S/C24H32N2O3/c1-3-16-28-22-11-10-19(18-23(22)29-17-4-2)24(27)25-20-12-14-26(15-13-20)21-8-6-5-7-9-21/h5-11,18,20H,3-4,12-17H2,1-2H3,(H,25,27). The van der Waals surface area contributed by atoms with Crippen LogP contribution in [0.5, 0.6) is 11.5 Å². The molecular formula is C24H32N2O3. The minimum absolute atomic E-state index is 0.0495. The summed E-state index contributed by atoms with van der Waals surface area (Å²) >= 11 is 0. The van der Waals surface area contributed by atoms with Crippen molar-refractivity contribution in [1.82, 2.24) is 5.32 Å². The Bertz CT molecular complexity index is 771. The Morgan fingerprint density at radius 3 is 2.28 bits per heavy atom. The number of ether oxygens (including phenoxy) is 2. The molecule has 1 aliphatic rings. The Morgan fingerprint density at radius 2 is 1.62 bits per heavy atom. The molecule has 0 radical (unpaired) electrons. The number of nitrogens with zero attached hydrogens (tertiary/aromatic N) is 1. The zero-order valence-corrected chi connectivity index (χ0v) is 17.5. The highest BCUT2D eigenvalue weighted by molar-refractivity contribution is 5.95. The topological polar surface area (TPSA) is 50.8 Å². The van der Waals surface area contributed by atoms with Gasteiger partial charge in [-0.05, 0) is 56.0 Å². The third kappa shape index (κ3) is 5.89. The van der Waals surface area contributed by atoms with Gasteiger partial charge in [-0.3, -0.25) is 4.79 Å². The lowest BCUT2D eigenvalue weighted by atomic mass is 10.0. The van der Waals surface area contributed by atoms with E-state index in [1.54, 1.807) is 6.07 Å². The van der Waals surface area contributed by atoms with Gasteiger partial charge in [-0.2, -0.15) is 0 Å². The van der Waals surface area contributed by atoms with Gasteiger partial charge in [0.25, 0.3) is 5.91 Å². The molecule has 1 heterocycles. The molecule has 1 fully saturated rings. The first-order chi connectivity index (χ1) is 14.2. The maximum atomic E-state index is 12.8. The molecule has 0 atom stereocenters. The number of rotatable bonds is 9. The lowest BCUT2D eigenvalue weighted by Gasteiger charge is -2.34. The fourth-order valence-corrected chi connectivity index (χ4v) is 3.49. The number of nitrogens with one attached hydrogen (secondary N) is 1. The van der Waals surface area contributed by atoms with Crippen LogP contribution in [0, 0.1) is 0 Å². The smallest absolute Gasteiger partial charge is 0.251 e. The summed E-state index contributed by atoms with van der Waals surface area (Å²) in [7, 11) is 0. The summed E-state index contributed by atoms with van der Waals surface area (Å²) in [6, 6.07) is 16.1. The predicted molar refractivity (Wildman–Crippen MR) is 117 cm³/mol. The normalized spacial score (nSPS) is 14.5. The number of hydrogen-bond acceptors (Lipinski definition) is 4. The Hall–Kier alpha value is -2.69. The van der Waals surface area contributed by atoms with Gasteiger partial charge < -0.3 is 19.7 Å². The van der Waals surface area contributed by atoms with Gasteiger partial charge in [0, 0.05) is 30.4 Å². The summed E-state index contributed by atoms with van der Waals surface area (Å²) < 4.78 is 11.6. The highest BCUT2D eigenvalue weighted by atomic mass is 16.5. The van der Waals surface area contributed by atoms with Gasteiger partial charge >= 0.3 is 0 Å². The molecule has 2 aromatic carbocycles. The molecule has 0 aliphatic carbocycles. The van der Waals surface area contributed by atoms with Gasteiger partial charge in [0.05, 0.1) is 13.2 Å². The molecule has 0 saturated carbocycles. The first-order valence-electron chi connectivity index (χ1n) is 10.7. The molecular weight excluding hydrogens is 364 g/mol. The van der Waals surface area contributed by atoms with Crippen LogP contribution in [0.15, 0.2) is 48.5 Å². The second-order valence-corrected chi connectivity index (χ2v) is 7.43. The second-order valence-electron chi connectivity index (χ2n) is 7.43. The van der Waals surface area contributed by atoms with Crippen molar-refractivity contribution in [1.29, 1.82) is 0 Å². The predicted octanol–water partition coefficient (Wildman–Crippen LogP) is 4.66. The van der Waals surface area contributed by atoms with E-state index in [1.165, 1.54) is 5.69 Å². The molecule has 0 bridgehead atoms. The van der Waals surface area contributed by atoms with Gasteiger partial charge in [-0.15, -0.1) is 0 Å². The average molecular weight is 397 g/mol. The van der Waals surface area contributed by atoms with Crippen LogP contribution in [-0.4, -0.2) is 38.3 Å². The summed E-state index contributed by atoms with van der Waals surface area (Å²) in [5.74, 6) is 1.30. The molecule has 1 amide bonds. The minimum atomic E-state index is -0.0495. The molecule has 5 nitrogen and oxygen atoms in total. The average Bonchev–Trinajstić information content (AvgIpc) is 2.77. The maximum Gasteiger partial charge on any atom is 0.251 e. The molecule has 1 N–H and O–H groups in total. The number of amides is 1. The van der Waals surface area contributed by atoms with E-state index in [2.05, 4.69) is 48.3 Å². The van der Waals surface area contributed by atoms with Crippen LogP contribution in [0.1, 0.15) is 49.9 Å². The van der Waals surface area contributed by atoms with Crippen molar-refractivity contribution in [2.75, 3.05) is 31.2 Å². The summed E-state index contributed by atoms with van der Waals surface area (Å²) in [5.41, 5.74) is 1.86. The van der Waals surface area contributed by atoms with Crippen molar-refractivity contribution in [2.45, 2.75) is 45.6 Å². The lowest BCUT2D eigenvalue weighted by Crippen LogP contribution is -2.44. The fraction of sp³-hybridized carbons (Fsp3) is 0.458. The SMILES string of the molecule is CCCOc1ccc(C(=O)NC2CCN(c3ccccc3)CC2)cc1OCCC. The Balaban J connectivity index is 1.58. The summed E-state index contributed by atoms with van der Waals surface area (Å²) in [6.07, 6.45) is 3.72. The van der Waals surface area contributed by atoms with Crippen LogP contribution in [0.4, 0.5) is 5.69 Å². The molecule has 0 aromatic heterocycles. The van der Waals surface area contributed by atoms with Crippen molar-refractivity contribution in [3.05, 3.63) is 54.1 Å². The van der Waals surface area contributed by atoms with E-state index < -0.39 is 0 Å². The van der Waals surface area contributed by atoms with Crippen molar-refractivity contribution in [3.63, 3.8) is 0 Å². The van der Waals surface area contributed by atoms with E-state index in [-0.39, 0.29) is 11.9 Å². The Kier molecular flexibility index (Phi) is 7.79. The van der Waals surface area contributed by atoms with Gasteiger partial charge in [-0.25, -0.2) is 0 Å². The Morgan fingerprint density at radius 1 is 0.966 bits per heavy atom. The molecule has 0 unspecified atom stereocenters. The molecule has 156 valence electrons. The zero-order chi connectivity index (χ0) is 20.5. The quantitative estimate of drug-likeness (QED) is 0.670. The highest BCUT2D eigenvalue weighted by Crippen LogP contribution is 2.29. The molecule has 5 heteroatoms. The molecule has 29 heavy (non-hydrogen) atoms. The summed E-state index contributed by atoms with van der Waals surface area (Å²) in [4.78, 5) is 15.2. The third-order valence-electron chi connectivity index (χ3n) is 5.08. The number of carbonyl (C=O) groups is 1. The van der Waals surface area contributed by atoms with E-state index in [4.69, 9.17) is 9.47 Å². The van der Waals surface area contributed by atoms with Crippen molar-refractivity contribution in [2.24, 2.45) is 0 Å². The largest absolute Gasteiger partial charge is 0.490 e. The van der Waals surface area contributed by atoms with Gasteiger partial charge in [-0.1, -0.05) is 32.0 Å².